The molecule has 0 amide bonds. The maximum atomic E-state index is 13.6. The molecule has 72 valence electrons. The molecule has 0 spiro atoms. The van der Waals surface area contributed by atoms with Crippen LogP contribution in [0.3, 0.4) is 0 Å². The average Bonchev–Trinajstić information content (AvgIpc) is 2.09. The Morgan fingerprint density at radius 1 is 1.38 bits per heavy atom. The van der Waals surface area contributed by atoms with Crippen LogP contribution in [0.1, 0.15) is 12.5 Å². The predicted octanol–water partition coefficient (Wildman–Crippen LogP) is 3.14. The Labute approximate surface area is 86.6 Å². The lowest BCUT2D eigenvalue weighted by molar-refractivity contribution is 0.203. The molecule has 4 heteroatoms. The van der Waals surface area contributed by atoms with Gasteiger partial charge in [-0.25, -0.2) is 4.39 Å². The molecule has 0 saturated carbocycles. The van der Waals surface area contributed by atoms with E-state index in [0.717, 1.165) is 0 Å². The van der Waals surface area contributed by atoms with Gasteiger partial charge in [-0.2, -0.15) is 0 Å². The number of rotatable bonds is 2. The first-order chi connectivity index (χ1) is 5.97. The quantitative estimate of drug-likeness (QED) is 0.817. The molecular weight excluding hydrogens is 212 g/mol. The summed E-state index contributed by atoms with van der Waals surface area (Å²) in [6, 6.07) is 4.64. The summed E-state index contributed by atoms with van der Waals surface area (Å²) in [5.41, 5.74) is 4.18. The van der Waals surface area contributed by atoms with E-state index in [1.807, 2.05) is 0 Å². The molecular formula is C9H10Cl2FN. The van der Waals surface area contributed by atoms with Crippen LogP contribution in [0.15, 0.2) is 18.2 Å². The van der Waals surface area contributed by atoms with Crippen LogP contribution in [0.5, 0.6) is 0 Å². The monoisotopic (exact) mass is 221 g/mol. The van der Waals surface area contributed by atoms with Crippen LogP contribution >= 0.6 is 23.2 Å². The normalized spacial score (nSPS) is 15.5. The molecule has 1 unspecified atom stereocenters. The van der Waals surface area contributed by atoms with Crippen LogP contribution in [-0.2, 0) is 5.67 Å². The van der Waals surface area contributed by atoms with Crippen molar-refractivity contribution in [1.82, 2.24) is 0 Å². The van der Waals surface area contributed by atoms with E-state index in [1.54, 1.807) is 12.1 Å². The van der Waals surface area contributed by atoms with E-state index in [-0.39, 0.29) is 6.54 Å². The van der Waals surface area contributed by atoms with E-state index < -0.39 is 5.67 Å². The molecule has 2 N–H and O–H groups in total. The summed E-state index contributed by atoms with van der Waals surface area (Å²) in [7, 11) is 0. The van der Waals surface area contributed by atoms with Gasteiger partial charge in [-0.1, -0.05) is 29.3 Å². The van der Waals surface area contributed by atoms with Crippen molar-refractivity contribution in [3.05, 3.63) is 33.8 Å². The van der Waals surface area contributed by atoms with Gasteiger partial charge in [-0.15, -0.1) is 0 Å². The van der Waals surface area contributed by atoms with Gasteiger partial charge < -0.3 is 5.73 Å². The zero-order chi connectivity index (χ0) is 10.1. The van der Waals surface area contributed by atoms with E-state index in [1.165, 1.54) is 13.0 Å². The molecule has 0 aliphatic carbocycles. The number of halogens is 3. The maximum absolute atomic E-state index is 13.6. The lowest BCUT2D eigenvalue weighted by Gasteiger charge is -2.18. The minimum Gasteiger partial charge on any atom is -0.327 e. The summed E-state index contributed by atoms with van der Waals surface area (Å²) in [4.78, 5) is 0. The van der Waals surface area contributed by atoms with Crippen LogP contribution in [0, 0.1) is 0 Å². The molecule has 0 aliphatic rings. The maximum Gasteiger partial charge on any atom is 0.145 e. The van der Waals surface area contributed by atoms with Crippen molar-refractivity contribution in [2.45, 2.75) is 12.6 Å². The molecule has 1 aromatic carbocycles. The largest absolute Gasteiger partial charge is 0.327 e. The fraction of sp³-hybridized carbons (Fsp3) is 0.333. The van der Waals surface area contributed by atoms with Crippen molar-refractivity contribution in [2.24, 2.45) is 5.73 Å². The van der Waals surface area contributed by atoms with Gasteiger partial charge in [0.2, 0.25) is 0 Å². The van der Waals surface area contributed by atoms with Crippen molar-refractivity contribution in [2.75, 3.05) is 6.54 Å². The first-order valence-electron chi connectivity index (χ1n) is 3.82. The molecule has 0 aliphatic heterocycles. The summed E-state index contributed by atoms with van der Waals surface area (Å²) in [6.45, 7) is 1.33. The van der Waals surface area contributed by atoms with E-state index in [0.29, 0.717) is 15.6 Å². The molecule has 0 bridgehead atoms. The lowest BCUT2D eigenvalue weighted by atomic mass is 9.98. The van der Waals surface area contributed by atoms with Gasteiger partial charge in [0, 0.05) is 6.54 Å². The van der Waals surface area contributed by atoms with E-state index in [4.69, 9.17) is 28.9 Å². The standard InChI is InChI=1S/C9H10Cl2FN/c1-9(12,5-13)6-2-3-7(10)8(11)4-6/h2-4H,5,13H2,1H3. The van der Waals surface area contributed by atoms with E-state index in [9.17, 15) is 4.39 Å². The second kappa shape index (κ2) is 3.82. The Hall–Kier alpha value is -0.310. The summed E-state index contributed by atoms with van der Waals surface area (Å²) >= 11 is 11.4. The minimum absolute atomic E-state index is 0.0784. The third-order valence-corrected chi connectivity index (χ3v) is 2.64. The number of alkyl halides is 1. The summed E-state index contributed by atoms with van der Waals surface area (Å²) in [6.07, 6.45) is 0. The number of hydrogen-bond acceptors (Lipinski definition) is 1. The zero-order valence-corrected chi connectivity index (χ0v) is 8.66. The number of hydrogen-bond donors (Lipinski definition) is 1. The molecule has 1 atom stereocenters. The smallest absolute Gasteiger partial charge is 0.145 e. The molecule has 1 rings (SSSR count). The second-order valence-corrected chi connectivity index (χ2v) is 3.84. The van der Waals surface area contributed by atoms with Crippen molar-refractivity contribution < 1.29 is 4.39 Å². The summed E-state index contributed by atoms with van der Waals surface area (Å²) in [5, 5.41) is 0.759. The molecule has 0 fully saturated rings. The first kappa shape index (κ1) is 10.8. The van der Waals surface area contributed by atoms with E-state index >= 15 is 0 Å². The van der Waals surface area contributed by atoms with Crippen LogP contribution in [-0.4, -0.2) is 6.54 Å². The van der Waals surface area contributed by atoms with Crippen LogP contribution in [0.25, 0.3) is 0 Å². The molecule has 13 heavy (non-hydrogen) atoms. The highest BCUT2D eigenvalue weighted by Crippen LogP contribution is 2.30. The first-order valence-corrected chi connectivity index (χ1v) is 4.57. The van der Waals surface area contributed by atoms with Gasteiger partial charge in [0.05, 0.1) is 10.0 Å². The van der Waals surface area contributed by atoms with Gasteiger partial charge in [-0.3, -0.25) is 0 Å². The fourth-order valence-electron chi connectivity index (χ4n) is 0.938. The molecule has 0 radical (unpaired) electrons. The van der Waals surface area contributed by atoms with Crippen LogP contribution in [0.4, 0.5) is 4.39 Å². The number of benzene rings is 1. The minimum atomic E-state index is -1.55. The van der Waals surface area contributed by atoms with Gasteiger partial charge >= 0.3 is 0 Å². The van der Waals surface area contributed by atoms with Crippen molar-refractivity contribution >= 4 is 23.2 Å². The Balaban J connectivity index is 3.10. The van der Waals surface area contributed by atoms with Crippen LogP contribution < -0.4 is 5.73 Å². The van der Waals surface area contributed by atoms with Crippen molar-refractivity contribution in [3.63, 3.8) is 0 Å². The second-order valence-electron chi connectivity index (χ2n) is 3.03. The van der Waals surface area contributed by atoms with Gasteiger partial charge in [0.1, 0.15) is 5.67 Å². The predicted molar refractivity (Wildman–Crippen MR) is 54.0 cm³/mol. The third-order valence-electron chi connectivity index (χ3n) is 1.90. The average molecular weight is 222 g/mol. The fourth-order valence-corrected chi connectivity index (χ4v) is 1.24. The SMILES string of the molecule is CC(F)(CN)c1ccc(Cl)c(Cl)c1. The highest BCUT2D eigenvalue weighted by molar-refractivity contribution is 6.42. The van der Waals surface area contributed by atoms with Crippen LogP contribution in [0.2, 0.25) is 10.0 Å². The Kier molecular flexibility index (Phi) is 3.17. The third kappa shape index (κ3) is 2.33. The summed E-state index contributed by atoms with van der Waals surface area (Å²) < 4.78 is 13.6. The summed E-state index contributed by atoms with van der Waals surface area (Å²) in [5.74, 6) is 0. The molecule has 1 nitrogen and oxygen atoms in total. The highest BCUT2D eigenvalue weighted by Gasteiger charge is 2.24. The zero-order valence-electron chi connectivity index (χ0n) is 7.15. The van der Waals surface area contributed by atoms with Gasteiger partial charge in [0.25, 0.3) is 0 Å². The molecule has 0 saturated heterocycles. The van der Waals surface area contributed by atoms with Crippen molar-refractivity contribution in [1.29, 1.82) is 0 Å². The van der Waals surface area contributed by atoms with E-state index in [2.05, 4.69) is 0 Å². The van der Waals surface area contributed by atoms with Gasteiger partial charge in [-0.05, 0) is 24.6 Å². The molecule has 1 aromatic rings. The lowest BCUT2D eigenvalue weighted by Crippen LogP contribution is -2.26. The van der Waals surface area contributed by atoms with Gasteiger partial charge in [0.15, 0.2) is 0 Å². The number of nitrogens with two attached hydrogens (primary N) is 1. The Morgan fingerprint density at radius 3 is 2.46 bits per heavy atom. The highest BCUT2D eigenvalue weighted by atomic mass is 35.5. The molecule has 0 heterocycles. The van der Waals surface area contributed by atoms with Crippen molar-refractivity contribution in [3.8, 4) is 0 Å². The topological polar surface area (TPSA) is 26.0 Å². The Morgan fingerprint density at radius 2 is 2.00 bits per heavy atom. The molecule has 0 aromatic heterocycles. The Bertz CT molecular complexity index is 312.